The highest BCUT2D eigenvalue weighted by molar-refractivity contribution is 6.85. The molecule has 0 bridgehead atoms. The lowest BCUT2D eigenvalue weighted by Gasteiger charge is -2.22. The third-order valence-corrected chi connectivity index (χ3v) is 6.97. The van der Waals surface area contributed by atoms with Gasteiger partial charge in [0.15, 0.2) is 0 Å². The van der Waals surface area contributed by atoms with Gasteiger partial charge in [0, 0.05) is 8.07 Å². The Hall–Kier alpha value is 0.174. The number of rotatable bonds is 4. The van der Waals surface area contributed by atoms with Crippen LogP contribution < -0.4 is 0 Å². The number of hydrogen-bond donors (Lipinski definition) is 0. The molecule has 0 spiro atoms. The van der Waals surface area contributed by atoms with E-state index in [1.165, 1.54) is 12.1 Å². The third kappa shape index (κ3) is 6.57. The smallest absolute Gasteiger partial charge is 0.0706 e. The van der Waals surface area contributed by atoms with Gasteiger partial charge in [0.05, 0.1) is 8.07 Å². The van der Waals surface area contributed by atoms with Crippen LogP contribution in [0.25, 0.3) is 0 Å². The van der Waals surface area contributed by atoms with E-state index in [9.17, 15) is 0 Å². The van der Waals surface area contributed by atoms with Crippen LogP contribution in [-0.4, -0.2) is 16.1 Å². The van der Waals surface area contributed by atoms with E-state index in [4.69, 9.17) is 0 Å². The Morgan fingerprint density at radius 3 is 1.73 bits per heavy atom. The van der Waals surface area contributed by atoms with E-state index >= 15 is 0 Å². The summed E-state index contributed by atoms with van der Waals surface area (Å²) in [5.41, 5.74) is 2.22. The van der Waals surface area contributed by atoms with Crippen LogP contribution in [0.2, 0.25) is 44.8 Å². The van der Waals surface area contributed by atoms with Crippen molar-refractivity contribution in [3.63, 3.8) is 0 Å². The average molecular weight is 186 g/mol. The highest BCUT2D eigenvalue weighted by Crippen LogP contribution is 2.20. The Morgan fingerprint density at radius 1 is 1.00 bits per heavy atom. The van der Waals surface area contributed by atoms with E-state index in [2.05, 4.69) is 45.0 Å². The molecule has 0 nitrogen and oxygen atoms in total. The second kappa shape index (κ2) is 3.72. The zero-order chi connectivity index (χ0) is 9.12. The summed E-state index contributed by atoms with van der Waals surface area (Å²) >= 11 is 0. The topological polar surface area (TPSA) is 0 Å². The zero-order valence-electron chi connectivity index (χ0n) is 8.70. The summed E-state index contributed by atoms with van der Waals surface area (Å²) in [6.07, 6.45) is 0. The molecular formula is C9H22Si2. The van der Waals surface area contributed by atoms with Gasteiger partial charge in [0.2, 0.25) is 0 Å². The lowest BCUT2D eigenvalue weighted by Crippen LogP contribution is -2.28. The molecule has 0 aromatic heterocycles. The molecule has 11 heavy (non-hydrogen) atoms. The van der Waals surface area contributed by atoms with Crippen molar-refractivity contribution < 1.29 is 0 Å². The van der Waals surface area contributed by atoms with Gasteiger partial charge in [-0.05, 0) is 0 Å². The largest absolute Gasteiger partial charge is 0.107 e. The highest BCUT2D eigenvalue weighted by Gasteiger charge is 2.20. The van der Waals surface area contributed by atoms with Crippen molar-refractivity contribution >= 4 is 16.1 Å². The molecule has 0 atom stereocenters. The van der Waals surface area contributed by atoms with E-state index in [1.54, 1.807) is 0 Å². The zero-order valence-corrected chi connectivity index (χ0v) is 10.7. The minimum absolute atomic E-state index is 0.796. The van der Waals surface area contributed by atoms with Crippen LogP contribution in [0.5, 0.6) is 0 Å². The van der Waals surface area contributed by atoms with E-state index < -0.39 is 16.1 Å². The van der Waals surface area contributed by atoms with Gasteiger partial charge in [-0.3, -0.25) is 0 Å². The first-order valence-corrected chi connectivity index (χ1v) is 11.4. The number of hydrogen-bond acceptors (Lipinski definition) is 0. The monoisotopic (exact) mass is 186 g/mol. The molecular weight excluding hydrogens is 164 g/mol. The average Bonchev–Trinajstić information content (AvgIpc) is 1.83. The molecule has 0 unspecified atom stereocenters. The van der Waals surface area contributed by atoms with E-state index in [0.29, 0.717) is 0 Å². The summed E-state index contributed by atoms with van der Waals surface area (Å²) in [7, 11) is -1.78. The van der Waals surface area contributed by atoms with Crippen LogP contribution in [0.4, 0.5) is 0 Å². The van der Waals surface area contributed by atoms with Crippen LogP contribution in [0.1, 0.15) is 0 Å². The molecule has 0 rings (SSSR count). The third-order valence-electron chi connectivity index (χ3n) is 2.07. The molecule has 66 valence electrons. The van der Waals surface area contributed by atoms with Gasteiger partial charge in [0.1, 0.15) is 0 Å². The molecule has 0 heterocycles. The van der Waals surface area contributed by atoms with Crippen LogP contribution in [0.15, 0.2) is 12.3 Å². The van der Waals surface area contributed by atoms with Crippen molar-refractivity contribution in [3.8, 4) is 0 Å². The van der Waals surface area contributed by atoms with Crippen LogP contribution >= 0.6 is 0 Å². The first-order chi connectivity index (χ1) is 4.77. The van der Waals surface area contributed by atoms with E-state index in [0.717, 1.165) is 0 Å². The van der Waals surface area contributed by atoms with Gasteiger partial charge in [0.25, 0.3) is 0 Å². The Balaban J connectivity index is 3.79. The normalized spacial score (nSPS) is 13.2. The summed E-state index contributed by atoms with van der Waals surface area (Å²) in [4.78, 5) is 0. The SMILES string of the molecule is C=C[Si](C)(C)CC[Si](C)(C)C. The fourth-order valence-corrected chi connectivity index (χ4v) is 6.58. The maximum absolute atomic E-state index is 3.91. The predicted molar refractivity (Wildman–Crippen MR) is 60.6 cm³/mol. The van der Waals surface area contributed by atoms with Crippen molar-refractivity contribution in [2.24, 2.45) is 0 Å². The maximum Gasteiger partial charge on any atom is 0.0706 e. The van der Waals surface area contributed by atoms with Crippen molar-refractivity contribution in [1.82, 2.24) is 0 Å². The molecule has 0 saturated heterocycles. The summed E-state index contributed by atoms with van der Waals surface area (Å²) in [5, 5.41) is 0. The minimum atomic E-state index is -0.988. The molecule has 0 amide bonds. The van der Waals surface area contributed by atoms with Crippen molar-refractivity contribution in [1.29, 1.82) is 0 Å². The van der Waals surface area contributed by atoms with Gasteiger partial charge < -0.3 is 0 Å². The molecule has 0 saturated carbocycles. The molecule has 0 aromatic carbocycles. The van der Waals surface area contributed by atoms with E-state index in [-0.39, 0.29) is 0 Å². The standard InChI is InChI=1S/C9H22Si2/c1-7-11(5,6)9-8-10(2,3)4/h7H,1,8-9H2,2-6H3. The second-order valence-electron chi connectivity index (χ2n) is 5.25. The van der Waals surface area contributed by atoms with Gasteiger partial charge in [-0.2, -0.15) is 0 Å². The maximum atomic E-state index is 3.91. The molecule has 0 aliphatic heterocycles. The molecule has 0 radical (unpaired) electrons. The Bertz CT molecular complexity index is 131. The summed E-state index contributed by atoms with van der Waals surface area (Å²) in [6.45, 7) is 16.1. The molecule has 0 aliphatic rings. The van der Waals surface area contributed by atoms with Crippen molar-refractivity contribution in [3.05, 3.63) is 12.3 Å². The molecule has 0 aromatic rings. The fraction of sp³-hybridized carbons (Fsp3) is 0.778. The lowest BCUT2D eigenvalue weighted by atomic mass is 10.9. The predicted octanol–water partition coefficient (Wildman–Crippen LogP) is 3.76. The quantitative estimate of drug-likeness (QED) is 0.587. The summed E-state index contributed by atoms with van der Waals surface area (Å²) in [5.74, 6) is 0. The Labute approximate surface area is 73.7 Å². The summed E-state index contributed by atoms with van der Waals surface area (Å²) in [6, 6.07) is 2.91. The molecule has 0 N–H and O–H groups in total. The summed E-state index contributed by atoms with van der Waals surface area (Å²) < 4.78 is 0. The lowest BCUT2D eigenvalue weighted by molar-refractivity contribution is 1.28. The first kappa shape index (κ1) is 11.2. The van der Waals surface area contributed by atoms with Crippen LogP contribution in [0.3, 0.4) is 0 Å². The van der Waals surface area contributed by atoms with Crippen molar-refractivity contribution in [2.45, 2.75) is 44.8 Å². The second-order valence-corrected chi connectivity index (χ2v) is 15.8. The van der Waals surface area contributed by atoms with Gasteiger partial charge in [-0.1, -0.05) is 44.8 Å². The van der Waals surface area contributed by atoms with Gasteiger partial charge in [-0.25, -0.2) is 0 Å². The molecule has 2 heteroatoms. The first-order valence-electron chi connectivity index (χ1n) is 4.40. The Kier molecular flexibility index (Phi) is 3.78. The fourth-order valence-electron chi connectivity index (χ4n) is 0.799. The van der Waals surface area contributed by atoms with Gasteiger partial charge in [-0.15, -0.1) is 12.3 Å². The van der Waals surface area contributed by atoms with Crippen LogP contribution in [0, 0.1) is 0 Å². The van der Waals surface area contributed by atoms with Crippen LogP contribution in [-0.2, 0) is 0 Å². The molecule has 0 aliphatic carbocycles. The van der Waals surface area contributed by atoms with Gasteiger partial charge >= 0.3 is 0 Å². The highest BCUT2D eigenvalue weighted by atomic mass is 28.3. The Morgan fingerprint density at radius 2 is 1.45 bits per heavy atom. The molecule has 0 fully saturated rings. The minimum Gasteiger partial charge on any atom is -0.107 e. The van der Waals surface area contributed by atoms with E-state index in [1.807, 2.05) is 0 Å². The van der Waals surface area contributed by atoms with Crippen molar-refractivity contribution in [2.75, 3.05) is 0 Å².